The molecule has 2 heterocycles. The Labute approximate surface area is 223 Å². The van der Waals surface area contributed by atoms with Crippen LogP contribution in [0.2, 0.25) is 0 Å². The lowest BCUT2D eigenvalue weighted by Gasteiger charge is -2.15. The fourth-order valence-corrected chi connectivity index (χ4v) is 8.03. The van der Waals surface area contributed by atoms with Crippen LogP contribution in [0.15, 0.2) is 47.2 Å². The lowest BCUT2D eigenvalue weighted by atomic mass is 10.0. The highest BCUT2D eigenvalue weighted by atomic mass is 33.1. The number of hydrogen-bond donors (Lipinski definition) is 0. The average Bonchev–Trinajstić information content (AvgIpc) is 2.88. The number of nitrogens with zero attached hydrogens (tertiary/aromatic N) is 4. The number of hydrogen-bond acceptors (Lipinski definition) is 8. The van der Waals surface area contributed by atoms with Gasteiger partial charge < -0.3 is 0 Å². The molecular formula is C26H42N4S4. The largest absolute Gasteiger partial charge is 0.230 e. The summed E-state index contributed by atoms with van der Waals surface area (Å²) in [6.45, 7) is 2.29. The van der Waals surface area contributed by atoms with Gasteiger partial charge >= 0.3 is 0 Å². The summed E-state index contributed by atoms with van der Waals surface area (Å²) in [6.07, 6.45) is 27.7. The molecule has 8 heteroatoms. The minimum atomic E-state index is 0.725. The topological polar surface area (TPSA) is 51.6 Å². The molecule has 0 aliphatic rings. The second kappa shape index (κ2) is 21.8. The first-order chi connectivity index (χ1) is 16.9. The fourth-order valence-electron chi connectivity index (χ4n) is 3.67. The van der Waals surface area contributed by atoms with Gasteiger partial charge in [-0.3, -0.25) is 0 Å². The highest BCUT2D eigenvalue weighted by Gasteiger charge is 2.11. The van der Waals surface area contributed by atoms with Crippen LogP contribution in [-0.4, -0.2) is 30.9 Å². The predicted octanol–water partition coefficient (Wildman–Crippen LogP) is 9.69. The van der Waals surface area contributed by atoms with E-state index in [9.17, 15) is 0 Å². The first-order valence-electron chi connectivity index (χ1n) is 13.1. The smallest absolute Gasteiger partial charge is 0.198 e. The third-order valence-corrected chi connectivity index (χ3v) is 10.6. The van der Waals surface area contributed by atoms with E-state index in [2.05, 4.69) is 26.9 Å². The number of rotatable bonds is 22. The van der Waals surface area contributed by atoms with Crippen LogP contribution in [0.4, 0.5) is 0 Å². The molecule has 0 aliphatic carbocycles. The molecule has 2 aromatic rings. The molecule has 0 aromatic carbocycles. The third kappa shape index (κ3) is 16.3. The van der Waals surface area contributed by atoms with Crippen molar-refractivity contribution in [3.8, 4) is 0 Å². The first kappa shape index (κ1) is 29.8. The summed E-state index contributed by atoms with van der Waals surface area (Å²) in [6, 6.07) is 3.75. The Balaban J connectivity index is 1.48. The summed E-state index contributed by atoms with van der Waals surface area (Å²) >= 11 is 0. The molecule has 1 unspecified atom stereocenters. The maximum atomic E-state index is 4.38. The summed E-state index contributed by atoms with van der Waals surface area (Å²) in [5, 5.41) is 2.49. The van der Waals surface area contributed by atoms with Gasteiger partial charge in [-0.2, -0.15) is 0 Å². The molecule has 0 N–H and O–H groups in total. The molecule has 0 amide bonds. The van der Waals surface area contributed by atoms with Gasteiger partial charge in [0.05, 0.1) is 0 Å². The quantitative estimate of drug-likeness (QED) is 0.0834. The van der Waals surface area contributed by atoms with Crippen molar-refractivity contribution in [2.45, 2.75) is 119 Å². The second-order valence-corrected chi connectivity index (χ2v) is 13.4. The van der Waals surface area contributed by atoms with E-state index in [0.717, 1.165) is 15.6 Å². The highest BCUT2D eigenvalue weighted by molar-refractivity contribution is 8.77. The maximum Gasteiger partial charge on any atom is 0.198 e. The SMILES string of the molecule is CCCCCCCCC(CCCCCCCCCSSc1ncccn1)SSc1ncccn1. The van der Waals surface area contributed by atoms with Crippen LogP contribution in [0.1, 0.15) is 103 Å². The third-order valence-electron chi connectivity index (χ3n) is 5.61. The van der Waals surface area contributed by atoms with E-state index in [0.29, 0.717) is 0 Å². The molecule has 190 valence electrons. The van der Waals surface area contributed by atoms with Gasteiger partial charge in [0.1, 0.15) is 0 Å². The molecule has 0 fully saturated rings. The number of aromatic nitrogens is 4. The Morgan fingerprint density at radius 2 is 1.06 bits per heavy atom. The monoisotopic (exact) mass is 538 g/mol. The molecule has 0 radical (unpaired) electrons. The van der Waals surface area contributed by atoms with Crippen LogP contribution in [0.25, 0.3) is 0 Å². The van der Waals surface area contributed by atoms with Crippen molar-refractivity contribution in [3.05, 3.63) is 36.9 Å². The van der Waals surface area contributed by atoms with Crippen LogP contribution in [0.5, 0.6) is 0 Å². The maximum absolute atomic E-state index is 4.38. The molecule has 1 atom stereocenters. The van der Waals surface area contributed by atoms with E-state index < -0.39 is 0 Å². The van der Waals surface area contributed by atoms with Crippen molar-refractivity contribution in [3.63, 3.8) is 0 Å². The molecule has 2 aromatic heterocycles. The fraction of sp³-hybridized carbons (Fsp3) is 0.692. The van der Waals surface area contributed by atoms with Crippen molar-refractivity contribution < 1.29 is 0 Å². The molecular weight excluding hydrogens is 497 g/mol. The standard InChI is InChI=1S/C26H42N4S4/c1-2-3-4-5-9-12-17-24(32-34-26-29-21-16-22-30-26)18-13-10-7-6-8-11-14-23-31-33-25-27-19-15-20-28-25/h15-16,19-22,24H,2-14,17-18,23H2,1H3. The lowest BCUT2D eigenvalue weighted by molar-refractivity contribution is 0.540. The van der Waals surface area contributed by atoms with Gasteiger partial charge in [0.2, 0.25) is 0 Å². The van der Waals surface area contributed by atoms with Gasteiger partial charge in [-0.1, -0.05) is 106 Å². The molecule has 0 saturated heterocycles. The van der Waals surface area contributed by atoms with Crippen LogP contribution < -0.4 is 0 Å². The molecule has 34 heavy (non-hydrogen) atoms. The van der Waals surface area contributed by atoms with Crippen molar-refractivity contribution in [2.24, 2.45) is 0 Å². The van der Waals surface area contributed by atoms with E-state index in [4.69, 9.17) is 0 Å². The van der Waals surface area contributed by atoms with Gasteiger partial charge in [0.15, 0.2) is 10.3 Å². The van der Waals surface area contributed by atoms with E-state index in [-0.39, 0.29) is 0 Å². The summed E-state index contributed by atoms with van der Waals surface area (Å²) < 4.78 is 0. The van der Waals surface area contributed by atoms with E-state index in [1.165, 1.54) is 102 Å². The molecule has 2 rings (SSSR count). The Kier molecular flexibility index (Phi) is 19.1. The summed E-state index contributed by atoms with van der Waals surface area (Å²) in [4.78, 5) is 17.2. The van der Waals surface area contributed by atoms with E-state index in [1.54, 1.807) is 21.6 Å². The van der Waals surface area contributed by atoms with Crippen LogP contribution in [0, 0.1) is 0 Å². The molecule has 0 saturated carbocycles. The minimum absolute atomic E-state index is 0.725. The van der Waals surface area contributed by atoms with Crippen molar-refractivity contribution in [1.82, 2.24) is 19.9 Å². The lowest BCUT2D eigenvalue weighted by Crippen LogP contribution is -2.02. The van der Waals surface area contributed by atoms with Gasteiger partial charge in [-0.25, -0.2) is 19.9 Å². The second-order valence-electron chi connectivity index (χ2n) is 8.59. The zero-order valence-electron chi connectivity index (χ0n) is 20.8. The Morgan fingerprint density at radius 3 is 1.62 bits per heavy atom. The predicted molar refractivity (Wildman–Crippen MR) is 155 cm³/mol. The van der Waals surface area contributed by atoms with Gasteiger partial charge in [-0.05, 0) is 53.0 Å². The molecule has 0 aliphatic heterocycles. The summed E-state index contributed by atoms with van der Waals surface area (Å²) in [5.74, 6) is 1.18. The first-order valence-corrected chi connectivity index (χ1v) is 17.6. The van der Waals surface area contributed by atoms with Crippen LogP contribution >= 0.6 is 43.2 Å². The van der Waals surface area contributed by atoms with Crippen molar-refractivity contribution in [2.75, 3.05) is 5.75 Å². The number of unbranched alkanes of at least 4 members (excludes halogenated alkanes) is 11. The van der Waals surface area contributed by atoms with Crippen LogP contribution in [0.3, 0.4) is 0 Å². The normalized spacial score (nSPS) is 12.1. The van der Waals surface area contributed by atoms with E-state index >= 15 is 0 Å². The van der Waals surface area contributed by atoms with Crippen molar-refractivity contribution >= 4 is 43.2 Å². The van der Waals surface area contributed by atoms with Crippen LogP contribution in [-0.2, 0) is 0 Å². The van der Waals surface area contributed by atoms with E-state index in [1.807, 2.05) is 58.5 Å². The molecule has 0 bridgehead atoms. The molecule has 4 nitrogen and oxygen atoms in total. The highest BCUT2D eigenvalue weighted by Crippen LogP contribution is 2.37. The molecule has 0 spiro atoms. The zero-order chi connectivity index (χ0) is 23.9. The minimum Gasteiger partial charge on any atom is -0.230 e. The Hall–Kier alpha value is -0.440. The Morgan fingerprint density at radius 1 is 0.588 bits per heavy atom. The average molecular weight is 539 g/mol. The summed E-state index contributed by atoms with van der Waals surface area (Å²) in [5.41, 5.74) is 0. The van der Waals surface area contributed by atoms with Gasteiger partial charge in [0.25, 0.3) is 0 Å². The van der Waals surface area contributed by atoms with Gasteiger partial charge in [0, 0.05) is 35.8 Å². The zero-order valence-corrected chi connectivity index (χ0v) is 24.0. The van der Waals surface area contributed by atoms with Crippen molar-refractivity contribution in [1.29, 1.82) is 0 Å². The van der Waals surface area contributed by atoms with Gasteiger partial charge in [-0.15, -0.1) is 0 Å². The summed E-state index contributed by atoms with van der Waals surface area (Å²) in [7, 11) is 7.33. The Bertz CT molecular complexity index is 694.